The molecule has 0 saturated heterocycles. The normalized spacial score (nSPS) is 16.6. The van der Waals surface area contributed by atoms with Gasteiger partial charge >= 0.3 is 0 Å². The second kappa shape index (κ2) is 7.79. The van der Waals surface area contributed by atoms with E-state index >= 15 is 0 Å². The Kier molecular flexibility index (Phi) is 6.04. The first-order valence-corrected chi connectivity index (χ1v) is 8.60. The van der Waals surface area contributed by atoms with E-state index in [4.69, 9.17) is 0 Å². The summed E-state index contributed by atoms with van der Waals surface area (Å²) in [5, 5.41) is 3.36. The van der Waals surface area contributed by atoms with Crippen LogP contribution in [0.4, 0.5) is 0 Å². The first-order chi connectivity index (χ1) is 10.1. The van der Waals surface area contributed by atoms with Gasteiger partial charge in [-0.15, -0.1) is 0 Å². The summed E-state index contributed by atoms with van der Waals surface area (Å²) >= 11 is 0. The molecule has 2 rings (SSSR count). The molecule has 0 atom stereocenters. The number of hydrogen-bond donors (Lipinski definition) is 1. The Morgan fingerprint density at radius 3 is 2.57 bits per heavy atom. The molecular weight excluding hydrogens is 260 g/mol. The highest BCUT2D eigenvalue weighted by molar-refractivity contribution is 5.19. The topological polar surface area (TPSA) is 34.0 Å². The van der Waals surface area contributed by atoms with E-state index in [1.807, 2.05) is 6.07 Å². The summed E-state index contributed by atoms with van der Waals surface area (Å²) in [6, 6.07) is 4.61. The minimum Gasteiger partial charge on any atom is -0.312 e. The molecule has 0 amide bonds. The summed E-state index contributed by atoms with van der Waals surface area (Å²) in [4.78, 5) is 12.9. The van der Waals surface area contributed by atoms with Crippen molar-refractivity contribution in [3.05, 3.63) is 33.7 Å². The monoisotopic (exact) mass is 290 g/mol. The standard InChI is InChI=1S/C18H30N2O/c1-4-12-19-13-15-10-11-17(14(2)3)20(18(15)21)16-8-6-5-7-9-16/h10-11,14,16,19H,4-9,12-13H2,1-3H3. The molecule has 0 radical (unpaired) electrons. The van der Waals surface area contributed by atoms with Gasteiger partial charge in [-0.25, -0.2) is 0 Å². The Morgan fingerprint density at radius 2 is 1.95 bits per heavy atom. The third-order valence-corrected chi connectivity index (χ3v) is 4.50. The first-order valence-electron chi connectivity index (χ1n) is 8.60. The molecule has 3 nitrogen and oxygen atoms in total. The number of nitrogens with zero attached hydrogens (tertiary/aromatic N) is 1. The molecule has 1 fully saturated rings. The van der Waals surface area contributed by atoms with Crippen molar-refractivity contribution in [2.45, 2.75) is 77.8 Å². The molecule has 1 N–H and O–H groups in total. The Labute approximate surface area is 128 Å². The van der Waals surface area contributed by atoms with Crippen LogP contribution in [0.15, 0.2) is 16.9 Å². The highest BCUT2D eigenvalue weighted by Crippen LogP contribution is 2.29. The summed E-state index contributed by atoms with van der Waals surface area (Å²) in [7, 11) is 0. The number of nitrogens with one attached hydrogen (secondary N) is 1. The van der Waals surface area contributed by atoms with E-state index in [1.54, 1.807) is 0 Å². The van der Waals surface area contributed by atoms with Crippen molar-refractivity contribution >= 4 is 0 Å². The molecule has 1 aliphatic rings. The zero-order valence-corrected chi connectivity index (χ0v) is 13.8. The molecule has 0 aliphatic heterocycles. The third-order valence-electron chi connectivity index (χ3n) is 4.50. The van der Waals surface area contributed by atoms with Crippen molar-refractivity contribution in [2.75, 3.05) is 6.54 Å². The van der Waals surface area contributed by atoms with Gasteiger partial charge in [0.2, 0.25) is 0 Å². The number of rotatable bonds is 6. The summed E-state index contributed by atoms with van der Waals surface area (Å²) in [5.41, 5.74) is 2.35. The number of hydrogen-bond acceptors (Lipinski definition) is 2. The molecule has 118 valence electrons. The maximum Gasteiger partial charge on any atom is 0.255 e. The van der Waals surface area contributed by atoms with E-state index in [0.717, 1.165) is 31.4 Å². The fraction of sp³-hybridized carbons (Fsp3) is 0.722. The van der Waals surface area contributed by atoms with Crippen molar-refractivity contribution < 1.29 is 0 Å². The molecule has 1 aliphatic carbocycles. The Morgan fingerprint density at radius 1 is 1.24 bits per heavy atom. The van der Waals surface area contributed by atoms with Crippen molar-refractivity contribution in [3.63, 3.8) is 0 Å². The lowest BCUT2D eigenvalue weighted by Gasteiger charge is -2.28. The van der Waals surface area contributed by atoms with Crippen molar-refractivity contribution in [1.82, 2.24) is 9.88 Å². The van der Waals surface area contributed by atoms with Gasteiger partial charge in [-0.2, -0.15) is 0 Å². The van der Waals surface area contributed by atoms with Crippen LogP contribution in [-0.2, 0) is 6.54 Å². The first kappa shape index (κ1) is 16.3. The highest BCUT2D eigenvalue weighted by Gasteiger charge is 2.21. The van der Waals surface area contributed by atoms with Gasteiger partial charge in [0.25, 0.3) is 5.56 Å². The minimum atomic E-state index is 0.233. The lowest BCUT2D eigenvalue weighted by Crippen LogP contribution is -2.33. The summed E-state index contributed by atoms with van der Waals surface area (Å²) < 4.78 is 2.12. The van der Waals surface area contributed by atoms with Crippen LogP contribution < -0.4 is 10.9 Å². The average Bonchev–Trinajstić information content (AvgIpc) is 2.49. The van der Waals surface area contributed by atoms with Gasteiger partial charge in [0.15, 0.2) is 0 Å². The Balaban J connectivity index is 2.32. The van der Waals surface area contributed by atoms with Crippen molar-refractivity contribution in [3.8, 4) is 0 Å². The fourth-order valence-electron chi connectivity index (χ4n) is 3.33. The van der Waals surface area contributed by atoms with Gasteiger partial charge in [0.1, 0.15) is 0 Å². The largest absolute Gasteiger partial charge is 0.312 e. The molecule has 0 aromatic carbocycles. The van der Waals surface area contributed by atoms with Gasteiger partial charge < -0.3 is 9.88 Å². The van der Waals surface area contributed by atoms with E-state index in [-0.39, 0.29) is 5.56 Å². The van der Waals surface area contributed by atoms with Gasteiger partial charge in [0.05, 0.1) is 0 Å². The van der Waals surface area contributed by atoms with Crippen LogP contribution in [0.3, 0.4) is 0 Å². The van der Waals surface area contributed by atoms with E-state index < -0.39 is 0 Å². The molecule has 0 bridgehead atoms. The Bertz CT molecular complexity index is 498. The van der Waals surface area contributed by atoms with E-state index in [1.165, 1.54) is 25.0 Å². The molecule has 0 unspecified atom stereocenters. The molecule has 1 aromatic heterocycles. The molecule has 3 heteroatoms. The molecular formula is C18H30N2O. The molecule has 0 spiro atoms. The van der Waals surface area contributed by atoms with Gasteiger partial charge in [0, 0.05) is 23.8 Å². The van der Waals surface area contributed by atoms with Crippen LogP contribution in [0, 0.1) is 0 Å². The van der Waals surface area contributed by atoms with Gasteiger partial charge in [-0.3, -0.25) is 4.79 Å². The van der Waals surface area contributed by atoms with Crippen LogP contribution in [0.2, 0.25) is 0 Å². The second-order valence-electron chi connectivity index (χ2n) is 6.58. The summed E-state index contributed by atoms with van der Waals surface area (Å²) in [6.07, 6.45) is 7.25. The van der Waals surface area contributed by atoms with Crippen LogP contribution in [0.1, 0.15) is 82.5 Å². The summed E-state index contributed by atoms with van der Waals surface area (Å²) in [5.74, 6) is 0.400. The van der Waals surface area contributed by atoms with Crippen molar-refractivity contribution in [2.24, 2.45) is 0 Å². The van der Waals surface area contributed by atoms with E-state index in [2.05, 4.69) is 36.7 Å². The molecule has 1 heterocycles. The van der Waals surface area contributed by atoms with E-state index in [0.29, 0.717) is 18.5 Å². The fourth-order valence-corrected chi connectivity index (χ4v) is 3.33. The van der Waals surface area contributed by atoms with Crippen molar-refractivity contribution in [1.29, 1.82) is 0 Å². The molecule has 21 heavy (non-hydrogen) atoms. The molecule has 1 aromatic rings. The average molecular weight is 290 g/mol. The van der Waals surface area contributed by atoms with E-state index in [9.17, 15) is 4.79 Å². The zero-order chi connectivity index (χ0) is 15.2. The van der Waals surface area contributed by atoms with Crippen LogP contribution in [0.25, 0.3) is 0 Å². The quantitative estimate of drug-likeness (QED) is 0.804. The van der Waals surface area contributed by atoms with Gasteiger partial charge in [-0.1, -0.05) is 46.1 Å². The Hall–Kier alpha value is -1.09. The molecule has 1 saturated carbocycles. The predicted octanol–water partition coefficient (Wildman–Crippen LogP) is 3.98. The highest BCUT2D eigenvalue weighted by atomic mass is 16.1. The van der Waals surface area contributed by atoms with Crippen LogP contribution in [-0.4, -0.2) is 11.1 Å². The maximum absolute atomic E-state index is 12.9. The number of pyridine rings is 1. The SMILES string of the molecule is CCCNCc1ccc(C(C)C)n(C2CCCCC2)c1=O. The van der Waals surface area contributed by atoms with Crippen LogP contribution in [0.5, 0.6) is 0 Å². The second-order valence-corrected chi connectivity index (χ2v) is 6.58. The lowest BCUT2D eigenvalue weighted by atomic mass is 9.93. The maximum atomic E-state index is 12.9. The van der Waals surface area contributed by atoms with Crippen LogP contribution >= 0.6 is 0 Å². The lowest BCUT2D eigenvalue weighted by molar-refractivity contribution is 0.334. The minimum absolute atomic E-state index is 0.233. The zero-order valence-electron chi connectivity index (χ0n) is 13.8. The summed E-state index contributed by atoms with van der Waals surface area (Å²) in [6.45, 7) is 8.17. The predicted molar refractivity (Wildman–Crippen MR) is 88.9 cm³/mol. The smallest absolute Gasteiger partial charge is 0.255 e. The third kappa shape index (κ3) is 3.97. The van der Waals surface area contributed by atoms with Gasteiger partial charge in [-0.05, 0) is 37.8 Å². The number of aromatic nitrogens is 1.